The number of hydrogen-bond donors (Lipinski definition) is 21. The Balaban J connectivity index is 0.834. The van der Waals surface area contributed by atoms with Gasteiger partial charge in [-0.1, -0.05) is 53.2 Å². The van der Waals surface area contributed by atoms with E-state index in [1.54, 1.807) is 6.92 Å². The quantitative estimate of drug-likeness (QED) is 0.0149. The van der Waals surface area contributed by atoms with Crippen LogP contribution in [0.25, 0.3) is 0 Å². The van der Waals surface area contributed by atoms with Crippen LogP contribution >= 0.6 is 0 Å². The summed E-state index contributed by atoms with van der Waals surface area (Å²) in [6, 6.07) is 0. The van der Waals surface area contributed by atoms with Gasteiger partial charge in [0.05, 0.1) is 55.8 Å². The third kappa shape index (κ3) is 17.8. The van der Waals surface area contributed by atoms with Crippen molar-refractivity contribution in [1.29, 1.82) is 0 Å². The molecule has 21 N–H and O–H groups in total. The van der Waals surface area contributed by atoms with Crippen molar-refractivity contribution in [3.05, 3.63) is 11.6 Å². The van der Waals surface area contributed by atoms with Gasteiger partial charge in [0.25, 0.3) is 0 Å². The molecule has 49 atom stereocenters. The molecule has 0 radical (unpaired) electrons. The maximum atomic E-state index is 16.6. The summed E-state index contributed by atoms with van der Waals surface area (Å²) in [6.07, 6.45) is -74.2. The SMILES string of the molecule is CC(=O)OC[C@H]1O[C@@H](O[C@H]2[C@@H](OC(C)=O)[C@@H](C)O[C@@H](OC(=O)[C@]34CCC(C)(C)C[C@H]3C3=CC[C@@H]5[C@@]6(C)CC[C@H](O[C@@H]7O[C@H](C(=O)O)[C@@H](O)[C@H](O[C@@H]8O[C@@H](C)[C@H](O)[C@@H](O)[C@H]8O)[C@H]7O[C@@H]7O[C@H](CO)[C@H](O)[C@H](O)[C@H]7O)[C@@](C)(C=O)[C@@H]6CC[C@@]5(C)[C@]3(C)C[C@H]4O)[C@@H]2O[C@@H]2O[C@@H](C)[C@H](O[C@@H]3OC[C@@H](O)[C@H](O)[C@H]3O)[C@@H](O[C@@H]3O[C@H](CO)[C@@H](O)[C@H](O)[C@H]3O)[C@H]2O)[C@H](O)[C@@H](O)[C@@H]1O. The summed E-state index contributed by atoms with van der Waals surface area (Å²) in [5, 5.41) is 235. The molecule has 8 saturated heterocycles. The summed E-state index contributed by atoms with van der Waals surface area (Å²) in [4.78, 5) is 69.9. The van der Waals surface area contributed by atoms with Crippen LogP contribution in [0.15, 0.2) is 11.6 Å². The van der Waals surface area contributed by atoms with Crippen molar-refractivity contribution in [1.82, 2.24) is 0 Å². The van der Waals surface area contributed by atoms with Crippen molar-refractivity contribution in [2.24, 2.45) is 50.2 Å². The second kappa shape index (κ2) is 37.7. The number of fused-ring (bicyclic) bond motifs is 7. The number of carboxylic acid groups (broad SMARTS) is 1. The molecule has 44 heteroatoms. The van der Waals surface area contributed by atoms with Crippen molar-refractivity contribution in [2.45, 2.75) is 386 Å². The highest BCUT2D eigenvalue weighted by molar-refractivity contribution is 5.80. The van der Waals surface area contributed by atoms with E-state index in [1.165, 1.54) is 20.8 Å². The van der Waals surface area contributed by atoms with E-state index in [-0.39, 0.29) is 44.4 Å². The van der Waals surface area contributed by atoms with E-state index >= 15 is 4.79 Å². The highest BCUT2D eigenvalue weighted by Crippen LogP contribution is 2.76. The number of carboxylic acids is 1. The molecule has 5 aliphatic carbocycles. The molecule has 0 aromatic rings. The molecule has 44 nitrogen and oxygen atoms in total. The van der Waals surface area contributed by atoms with Crippen LogP contribution in [0.4, 0.5) is 0 Å². The van der Waals surface area contributed by atoms with Crippen LogP contribution < -0.4 is 0 Å². The van der Waals surface area contributed by atoms with Gasteiger partial charge in [-0.25, -0.2) is 4.79 Å². The van der Waals surface area contributed by atoms with Gasteiger partial charge in [0.15, 0.2) is 62.3 Å². The molecule has 4 saturated carbocycles. The minimum Gasteiger partial charge on any atom is -0.479 e. The Hall–Kier alpha value is -4.11. The number of hydrogen-bond acceptors (Lipinski definition) is 43. The van der Waals surface area contributed by atoms with E-state index in [0.29, 0.717) is 19.3 Å². The lowest BCUT2D eigenvalue weighted by molar-refractivity contribution is -0.404. The van der Waals surface area contributed by atoms with Gasteiger partial charge in [-0.15, -0.1) is 0 Å². The summed E-state index contributed by atoms with van der Waals surface area (Å²) in [7, 11) is 0. The Bertz CT molecular complexity index is 3770. The monoisotopic (exact) mass is 1800 g/mol. The number of carbonyl (C=O) groups excluding carboxylic acids is 4. The predicted molar refractivity (Wildman–Crippen MR) is 405 cm³/mol. The summed E-state index contributed by atoms with van der Waals surface area (Å²) >= 11 is 0. The molecule has 0 spiro atoms. The Morgan fingerprint density at radius 3 is 1.50 bits per heavy atom. The van der Waals surface area contributed by atoms with E-state index in [1.807, 2.05) is 20.8 Å². The van der Waals surface area contributed by atoms with Gasteiger partial charge >= 0.3 is 23.9 Å². The molecule has 125 heavy (non-hydrogen) atoms. The minimum absolute atomic E-state index is 0.0202. The highest BCUT2D eigenvalue weighted by atomic mass is 16.8. The molecule has 714 valence electrons. The summed E-state index contributed by atoms with van der Waals surface area (Å²) < 4.78 is 111. The predicted octanol–water partition coefficient (Wildman–Crippen LogP) is -7.63. The maximum absolute atomic E-state index is 16.6. The van der Waals surface area contributed by atoms with Gasteiger partial charge in [0, 0.05) is 13.8 Å². The van der Waals surface area contributed by atoms with Crippen molar-refractivity contribution in [3.63, 3.8) is 0 Å². The Morgan fingerprint density at radius 2 is 0.936 bits per heavy atom. The van der Waals surface area contributed by atoms with Crippen LogP contribution in [0.1, 0.15) is 134 Å². The number of allylic oxidation sites excluding steroid dienone is 2. The summed E-state index contributed by atoms with van der Waals surface area (Å²) in [5.74, 6) is -6.51. The van der Waals surface area contributed by atoms with Crippen molar-refractivity contribution < 1.29 is 216 Å². The first-order valence-electron chi connectivity index (χ1n) is 42.7. The number of aliphatic hydroxyl groups excluding tert-OH is 20. The van der Waals surface area contributed by atoms with E-state index in [2.05, 4.69) is 19.9 Å². The number of ether oxygens (including phenoxy) is 18. The first-order valence-corrected chi connectivity index (χ1v) is 42.7. The van der Waals surface area contributed by atoms with Gasteiger partial charge in [-0.05, 0) is 118 Å². The number of aliphatic hydroxyl groups is 20. The lowest BCUT2D eigenvalue weighted by Gasteiger charge is -2.71. The third-order valence-electron chi connectivity index (χ3n) is 29.9. The van der Waals surface area contributed by atoms with E-state index in [4.69, 9.17) is 85.3 Å². The number of aldehydes is 1. The van der Waals surface area contributed by atoms with E-state index < -0.39 is 346 Å². The standard InChI is InChI=1S/C81H126O44/c1-27-42(89)47(94)52(99)68(110-27)119-60-56(103)62(66(105)106)121-74(64(60)123-70-54(101)49(96)45(92)36(23-83)115-70)117-41-15-16-77(8)38(78(41,9)26-84)14-17-79(10)39(77)13-12-32-33-20-76(6,7)18-19-81(33,40(88)21-80(32,79)11)75(107)125-73-65(63(59(29(3)112-73)113-31(5)86)122-71-55(102)50(97)46(93)37(116-71)25-108-30(4)85)124-72-57(104)61(120-69-53(100)48(95)44(91)35(22-82)114-69)58(28(2)111-72)118-67-51(98)43(90)34(87)24-109-67/h12,26-29,33-65,67-74,82-83,87-104H,13-25H2,1-11H3,(H,105,106)/t27-,28-,29+,33-,34+,35+,36+,37+,38+,39+,40+,41-,42-,43-,44+,45-,46+,47+,48-,49-,50-,51+,52+,53+,54+,55+,56-,57+,58-,59-,60-,61-,62-,63-,64+,65+,67-,68-,69-,70-,71-,72-,73-,74+,77-,78-,79+,80+,81+/m0/s1. The largest absolute Gasteiger partial charge is 0.479 e. The molecule has 0 aromatic heterocycles. The topological polar surface area (TPSA) is 676 Å². The molecule has 8 heterocycles. The highest BCUT2D eigenvalue weighted by Gasteiger charge is 2.74. The molecular formula is C81H126O44. The first-order chi connectivity index (χ1) is 58.6. The Labute approximate surface area is 718 Å². The van der Waals surface area contributed by atoms with Gasteiger partial charge in [0.2, 0.25) is 6.29 Å². The van der Waals surface area contributed by atoms with Gasteiger partial charge < -0.3 is 197 Å². The third-order valence-corrected chi connectivity index (χ3v) is 29.9. The van der Waals surface area contributed by atoms with Crippen LogP contribution in [0.5, 0.6) is 0 Å². The molecule has 0 amide bonds. The van der Waals surface area contributed by atoms with E-state index in [9.17, 15) is 126 Å². The van der Waals surface area contributed by atoms with E-state index in [0.717, 1.165) is 25.7 Å². The molecule has 0 unspecified atom stereocenters. The van der Waals surface area contributed by atoms with Crippen LogP contribution in [0.3, 0.4) is 0 Å². The zero-order valence-corrected chi connectivity index (χ0v) is 71.0. The molecular weight excluding hydrogens is 1680 g/mol. The summed E-state index contributed by atoms with van der Waals surface area (Å²) in [5.41, 5.74) is -5.82. The van der Waals surface area contributed by atoms with Crippen molar-refractivity contribution in [3.8, 4) is 0 Å². The Morgan fingerprint density at radius 1 is 0.448 bits per heavy atom. The minimum atomic E-state index is -2.33. The molecule has 13 aliphatic rings. The number of carbonyl (C=O) groups is 5. The normalized spacial score (nSPS) is 53.0. The summed E-state index contributed by atoms with van der Waals surface area (Å²) in [6.45, 7) is 14.7. The molecule has 13 rings (SSSR count). The van der Waals surface area contributed by atoms with Crippen molar-refractivity contribution in [2.75, 3.05) is 26.4 Å². The Kier molecular flexibility index (Phi) is 29.7. The average molecular weight is 1800 g/mol. The smallest absolute Gasteiger partial charge is 0.335 e. The maximum Gasteiger partial charge on any atom is 0.335 e. The van der Waals surface area contributed by atoms with Crippen molar-refractivity contribution >= 4 is 30.2 Å². The zero-order valence-electron chi connectivity index (χ0n) is 71.0. The molecule has 0 bridgehead atoms. The number of rotatable bonds is 23. The lowest BCUT2D eigenvalue weighted by Crippen LogP contribution is -2.70. The first kappa shape index (κ1) is 98.4. The fourth-order valence-electron chi connectivity index (χ4n) is 22.5. The fraction of sp³-hybridized carbons (Fsp3) is 0.914. The second-order valence-corrected chi connectivity index (χ2v) is 38.0. The molecule has 12 fully saturated rings. The van der Waals surface area contributed by atoms with Crippen LogP contribution in [0.2, 0.25) is 0 Å². The van der Waals surface area contributed by atoms with Crippen LogP contribution in [-0.4, -0.2) is 416 Å². The fourth-order valence-corrected chi connectivity index (χ4v) is 22.5. The van der Waals surface area contributed by atoms with Crippen LogP contribution in [-0.2, 0) is 109 Å². The van der Waals surface area contributed by atoms with Gasteiger partial charge in [-0.2, -0.15) is 0 Å². The average Bonchev–Trinajstić information content (AvgIpc) is 0.669. The molecule has 0 aromatic carbocycles. The second-order valence-electron chi connectivity index (χ2n) is 38.0. The van der Waals surface area contributed by atoms with Crippen LogP contribution in [0, 0.1) is 50.2 Å². The zero-order chi connectivity index (χ0) is 91.6. The number of esters is 3. The van der Waals surface area contributed by atoms with Gasteiger partial charge in [0.1, 0.15) is 171 Å². The lowest BCUT2D eigenvalue weighted by atomic mass is 9.33. The molecule has 8 aliphatic heterocycles. The van der Waals surface area contributed by atoms with Gasteiger partial charge in [-0.3, -0.25) is 14.4 Å². The number of aliphatic carboxylic acids is 1.